The summed E-state index contributed by atoms with van der Waals surface area (Å²) in [7, 11) is 0. The van der Waals surface area contributed by atoms with Crippen LogP contribution >= 0.6 is 15.9 Å². The van der Waals surface area contributed by atoms with Crippen LogP contribution in [0.4, 0.5) is 10.5 Å². The lowest BCUT2D eigenvalue weighted by Crippen LogP contribution is -2.47. The molecule has 2 aromatic carbocycles. The van der Waals surface area contributed by atoms with Crippen molar-refractivity contribution in [3.05, 3.63) is 64.1 Å². The molecule has 1 N–H and O–H groups in total. The molecule has 1 aliphatic heterocycles. The molecule has 2 aromatic rings. The van der Waals surface area contributed by atoms with Gasteiger partial charge in [-0.2, -0.15) is 0 Å². The van der Waals surface area contributed by atoms with Gasteiger partial charge >= 0.3 is 6.03 Å². The zero-order valence-corrected chi connectivity index (χ0v) is 20.0. The number of hydrogen-bond donors (Lipinski definition) is 1. The Bertz CT molecular complexity index is 885. The second-order valence-electron chi connectivity index (χ2n) is 8.13. The maximum Gasteiger partial charge on any atom is 0.322 e. The summed E-state index contributed by atoms with van der Waals surface area (Å²) in [4.78, 5) is 29.8. The van der Waals surface area contributed by atoms with Crippen molar-refractivity contribution < 1.29 is 9.59 Å². The van der Waals surface area contributed by atoms with E-state index in [9.17, 15) is 9.59 Å². The zero-order valence-electron chi connectivity index (χ0n) is 18.4. The molecular formula is C25H32BrN3O2. The van der Waals surface area contributed by atoms with E-state index in [0.29, 0.717) is 13.1 Å². The molecule has 1 unspecified atom stereocenters. The van der Waals surface area contributed by atoms with Gasteiger partial charge in [0.05, 0.1) is 6.04 Å². The van der Waals surface area contributed by atoms with Crippen molar-refractivity contribution in [2.45, 2.75) is 52.0 Å². The maximum absolute atomic E-state index is 13.2. The normalized spacial score (nSPS) is 15.3. The van der Waals surface area contributed by atoms with Gasteiger partial charge in [0.25, 0.3) is 0 Å². The Morgan fingerprint density at radius 3 is 2.58 bits per heavy atom. The highest BCUT2D eigenvalue weighted by atomic mass is 79.9. The second kappa shape index (κ2) is 11.3. The van der Waals surface area contributed by atoms with Crippen molar-refractivity contribution in [2.75, 3.05) is 25.0 Å². The number of rotatable bonds is 8. The van der Waals surface area contributed by atoms with Gasteiger partial charge in [-0.05, 0) is 55.2 Å². The average Bonchev–Trinajstić information content (AvgIpc) is 2.77. The fourth-order valence-electron chi connectivity index (χ4n) is 4.08. The molecule has 0 bridgehead atoms. The van der Waals surface area contributed by atoms with E-state index in [1.807, 2.05) is 41.3 Å². The maximum atomic E-state index is 13.2. The first-order valence-electron chi connectivity index (χ1n) is 11.2. The average molecular weight is 486 g/mol. The highest BCUT2D eigenvalue weighted by Gasteiger charge is 2.29. The zero-order chi connectivity index (χ0) is 22.2. The number of anilines is 1. The minimum Gasteiger partial charge on any atom is -0.334 e. The molecule has 31 heavy (non-hydrogen) atoms. The van der Waals surface area contributed by atoms with Gasteiger partial charge < -0.3 is 15.1 Å². The van der Waals surface area contributed by atoms with Crippen molar-refractivity contribution in [1.29, 1.82) is 0 Å². The van der Waals surface area contributed by atoms with Crippen LogP contribution in [0, 0.1) is 0 Å². The first kappa shape index (κ1) is 23.3. The SMILES string of the molecule is CCCCCCN(CC(=O)N1CCc2ccccc2C1C)C(=O)Nc1ccc(Br)cc1. The van der Waals surface area contributed by atoms with Gasteiger partial charge in [-0.3, -0.25) is 4.79 Å². The molecule has 1 atom stereocenters. The number of nitrogens with one attached hydrogen (secondary N) is 1. The molecule has 1 heterocycles. The second-order valence-corrected chi connectivity index (χ2v) is 9.05. The van der Waals surface area contributed by atoms with Crippen molar-refractivity contribution in [3.63, 3.8) is 0 Å². The number of unbranched alkanes of at least 4 members (excludes halogenated alkanes) is 3. The Labute approximate surface area is 193 Å². The number of urea groups is 1. The molecule has 0 aliphatic carbocycles. The summed E-state index contributed by atoms with van der Waals surface area (Å²) in [6.07, 6.45) is 5.08. The Kier molecular flexibility index (Phi) is 8.52. The van der Waals surface area contributed by atoms with Crippen molar-refractivity contribution in [2.24, 2.45) is 0 Å². The van der Waals surface area contributed by atoms with E-state index in [0.717, 1.165) is 42.3 Å². The first-order valence-corrected chi connectivity index (χ1v) is 12.0. The third-order valence-corrected chi connectivity index (χ3v) is 6.43. The molecule has 3 amide bonds. The molecule has 5 nitrogen and oxygen atoms in total. The van der Waals surface area contributed by atoms with Gasteiger partial charge in [-0.15, -0.1) is 0 Å². The quantitative estimate of drug-likeness (QED) is 0.465. The smallest absolute Gasteiger partial charge is 0.322 e. The van der Waals surface area contributed by atoms with Gasteiger partial charge in [-0.25, -0.2) is 4.79 Å². The van der Waals surface area contributed by atoms with Gasteiger partial charge in [0.15, 0.2) is 0 Å². The molecule has 0 aromatic heterocycles. The minimum absolute atomic E-state index is 0.00320. The number of carbonyl (C=O) groups excluding carboxylic acids is 2. The lowest BCUT2D eigenvalue weighted by Gasteiger charge is -2.36. The van der Waals surface area contributed by atoms with E-state index >= 15 is 0 Å². The predicted octanol–water partition coefficient (Wildman–Crippen LogP) is 6.01. The minimum atomic E-state index is -0.225. The van der Waals surface area contributed by atoms with Crippen LogP contribution in [0.15, 0.2) is 53.0 Å². The fourth-order valence-corrected chi connectivity index (χ4v) is 4.35. The Hall–Kier alpha value is -2.34. The molecule has 0 fully saturated rings. The van der Waals surface area contributed by atoms with Crippen molar-refractivity contribution in [3.8, 4) is 0 Å². The number of nitrogens with zero attached hydrogens (tertiary/aromatic N) is 2. The summed E-state index contributed by atoms with van der Waals surface area (Å²) >= 11 is 3.41. The third kappa shape index (κ3) is 6.33. The van der Waals surface area contributed by atoms with Crippen LogP contribution in [-0.4, -0.2) is 41.4 Å². The standard InChI is InChI=1S/C25H32BrN3O2/c1-3-4-5-8-16-28(25(31)27-22-13-11-21(26)12-14-22)18-24(30)29-17-15-20-9-6-7-10-23(20)19(29)2/h6-7,9-14,19H,3-5,8,15-18H2,1-2H3,(H,27,31). The number of halogens is 1. The van der Waals surface area contributed by atoms with Gasteiger partial charge in [0.2, 0.25) is 5.91 Å². The molecule has 0 spiro atoms. The van der Waals surface area contributed by atoms with Gasteiger partial charge in [-0.1, -0.05) is 66.4 Å². The molecule has 166 valence electrons. The molecule has 3 rings (SSSR count). The lowest BCUT2D eigenvalue weighted by atomic mass is 9.93. The summed E-state index contributed by atoms with van der Waals surface area (Å²) in [5.74, 6) is 0.00320. The van der Waals surface area contributed by atoms with Crippen LogP contribution in [0.5, 0.6) is 0 Å². The Morgan fingerprint density at radius 1 is 1.10 bits per heavy atom. The molecule has 6 heteroatoms. The first-order chi connectivity index (χ1) is 15.0. The highest BCUT2D eigenvalue weighted by Crippen LogP contribution is 2.29. The summed E-state index contributed by atoms with van der Waals surface area (Å²) < 4.78 is 0.955. The van der Waals surface area contributed by atoms with Gasteiger partial charge in [0, 0.05) is 23.2 Å². The third-order valence-electron chi connectivity index (χ3n) is 5.91. The molecule has 1 aliphatic rings. The number of fused-ring (bicyclic) bond motifs is 1. The topological polar surface area (TPSA) is 52.7 Å². The molecular weight excluding hydrogens is 454 g/mol. The van der Waals surface area contributed by atoms with Gasteiger partial charge in [0.1, 0.15) is 6.54 Å². The van der Waals surface area contributed by atoms with E-state index < -0.39 is 0 Å². The van der Waals surface area contributed by atoms with E-state index in [-0.39, 0.29) is 24.5 Å². The predicted molar refractivity (Wildman–Crippen MR) is 129 cm³/mol. The van der Waals surface area contributed by atoms with Crippen LogP contribution in [0.1, 0.15) is 56.7 Å². The highest BCUT2D eigenvalue weighted by molar-refractivity contribution is 9.10. The van der Waals surface area contributed by atoms with Crippen LogP contribution in [0.25, 0.3) is 0 Å². The number of benzene rings is 2. The van der Waals surface area contributed by atoms with Crippen molar-refractivity contribution >= 4 is 33.6 Å². The Balaban J connectivity index is 1.67. The van der Waals surface area contributed by atoms with E-state index in [4.69, 9.17) is 0 Å². The Morgan fingerprint density at radius 2 is 1.84 bits per heavy atom. The monoisotopic (exact) mass is 485 g/mol. The number of carbonyl (C=O) groups is 2. The van der Waals surface area contributed by atoms with Crippen LogP contribution in [0.2, 0.25) is 0 Å². The lowest BCUT2D eigenvalue weighted by molar-refractivity contribution is -0.134. The van der Waals surface area contributed by atoms with Crippen LogP contribution in [-0.2, 0) is 11.2 Å². The summed E-state index contributed by atoms with van der Waals surface area (Å²) in [6, 6.07) is 15.6. The summed E-state index contributed by atoms with van der Waals surface area (Å²) in [6.45, 7) is 5.60. The van der Waals surface area contributed by atoms with Crippen molar-refractivity contribution in [1.82, 2.24) is 9.80 Å². The van der Waals surface area contributed by atoms with E-state index in [1.54, 1.807) is 4.90 Å². The summed E-state index contributed by atoms with van der Waals surface area (Å²) in [5.41, 5.74) is 3.24. The summed E-state index contributed by atoms with van der Waals surface area (Å²) in [5, 5.41) is 2.94. The molecule has 0 radical (unpaired) electrons. The van der Waals surface area contributed by atoms with Crippen LogP contribution < -0.4 is 5.32 Å². The largest absolute Gasteiger partial charge is 0.334 e. The number of amides is 3. The fraction of sp³-hybridized carbons (Fsp3) is 0.440. The van der Waals surface area contributed by atoms with E-state index in [2.05, 4.69) is 47.2 Å². The van der Waals surface area contributed by atoms with Crippen LogP contribution in [0.3, 0.4) is 0 Å². The number of hydrogen-bond acceptors (Lipinski definition) is 2. The molecule has 0 saturated heterocycles. The molecule has 0 saturated carbocycles. The van der Waals surface area contributed by atoms with E-state index in [1.165, 1.54) is 11.1 Å².